The first-order chi connectivity index (χ1) is 31.0. The van der Waals surface area contributed by atoms with Gasteiger partial charge in [-0.3, -0.25) is 14.4 Å². The SMILES string of the molecule is CCCCCC/C=C\C/C=C\CCCCCCCC(=O)OCC(COC(=O)CCCCCCC/C=C\CCCCCC)OC(=O)CCCCCCC/C=C\CCCCCCCCC. The van der Waals surface area contributed by atoms with Crippen molar-refractivity contribution in [1.82, 2.24) is 0 Å². The maximum absolute atomic E-state index is 12.8. The average Bonchev–Trinajstić information content (AvgIpc) is 3.28. The summed E-state index contributed by atoms with van der Waals surface area (Å²) in [5, 5.41) is 0. The van der Waals surface area contributed by atoms with Crippen LogP contribution in [0.2, 0.25) is 0 Å². The van der Waals surface area contributed by atoms with Crippen LogP contribution in [-0.4, -0.2) is 37.2 Å². The Balaban J connectivity index is 4.41. The molecule has 0 heterocycles. The van der Waals surface area contributed by atoms with Gasteiger partial charge in [-0.15, -0.1) is 0 Å². The average molecular weight is 883 g/mol. The zero-order valence-corrected chi connectivity index (χ0v) is 41.8. The molecule has 0 saturated carbocycles. The minimum Gasteiger partial charge on any atom is -0.462 e. The Labute approximate surface area is 390 Å². The molecule has 0 aliphatic heterocycles. The molecule has 0 N–H and O–H groups in total. The lowest BCUT2D eigenvalue weighted by Gasteiger charge is -2.18. The smallest absolute Gasteiger partial charge is 0.306 e. The summed E-state index contributed by atoms with van der Waals surface area (Å²) in [6, 6.07) is 0. The van der Waals surface area contributed by atoms with Gasteiger partial charge >= 0.3 is 17.9 Å². The zero-order valence-electron chi connectivity index (χ0n) is 41.8. The van der Waals surface area contributed by atoms with E-state index in [-0.39, 0.29) is 31.1 Å². The summed E-state index contributed by atoms with van der Waals surface area (Å²) in [5.74, 6) is -0.906. The Hall–Kier alpha value is -2.63. The van der Waals surface area contributed by atoms with Crippen LogP contribution in [0.15, 0.2) is 48.6 Å². The van der Waals surface area contributed by atoms with Crippen LogP contribution in [0.25, 0.3) is 0 Å². The maximum atomic E-state index is 12.8. The highest BCUT2D eigenvalue weighted by atomic mass is 16.6. The van der Waals surface area contributed by atoms with Gasteiger partial charge in [0.15, 0.2) is 6.10 Å². The lowest BCUT2D eigenvalue weighted by Crippen LogP contribution is -2.30. The molecule has 0 spiro atoms. The van der Waals surface area contributed by atoms with E-state index in [4.69, 9.17) is 14.2 Å². The van der Waals surface area contributed by atoms with Crippen LogP contribution < -0.4 is 0 Å². The summed E-state index contributed by atoms with van der Waals surface area (Å²) in [7, 11) is 0. The molecule has 6 heteroatoms. The molecule has 0 aromatic carbocycles. The normalized spacial score (nSPS) is 12.4. The fraction of sp³-hybridized carbons (Fsp3) is 0.807. The number of carbonyl (C=O) groups is 3. The summed E-state index contributed by atoms with van der Waals surface area (Å²) in [6.07, 6.45) is 62.3. The first-order valence-corrected chi connectivity index (χ1v) is 27.1. The molecule has 0 aliphatic rings. The van der Waals surface area contributed by atoms with Crippen molar-refractivity contribution in [3.8, 4) is 0 Å². The fourth-order valence-electron chi connectivity index (χ4n) is 7.64. The van der Waals surface area contributed by atoms with Crippen molar-refractivity contribution in [2.24, 2.45) is 0 Å². The van der Waals surface area contributed by atoms with E-state index in [2.05, 4.69) is 69.4 Å². The molecule has 0 aromatic heterocycles. The van der Waals surface area contributed by atoms with Gasteiger partial charge in [-0.2, -0.15) is 0 Å². The molecule has 0 amide bonds. The zero-order chi connectivity index (χ0) is 45.8. The van der Waals surface area contributed by atoms with E-state index in [1.165, 1.54) is 141 Å². The molecule has 0 aliphatic carbocycles. The van der Waals surface area contributed by atoms with Crippen molar-refractivity contribution in [3.05, 3.63) is 48.6 Å². The highest BCUT2D eigenvalue weighted by Gasteiger charge is 2.19. The molecular weight excluding hydrogens is 781 g/mol. The summed E-state index contributed by atoms with van der Waals surface area (Å²) in [5.41, 5.74) is 0. The van der Waals surface area contributed by atoms with Crippen LogP contribution in [0.5, 0.6) is 0 Å². The first kappa shape index (κ1) is 60.4. The van der Waals surface area contributed by atoms with E-state index >= 15 is 0 Å². The largest absolute Gasteiger partial charge is 0.462 e. The summed E-state index contributed by atoms with van der Waals surface area (Å²) < 4.78 is 16.8. The van der Waals surface area contributed by atoms with Crippen LogP contribution in [0.4, 0.5) is 0 Å². The van der Waals surface area contributed by atoms with Crippen molar-refractivity contribution in [2.75, 3.05) is 13.2 Å². The monoisotopic (exact) mass is 883 g/mol. The molecule has 366 valence electrons. The topological polar surface area (TPSA) is 78.9 Å². The Morgan fingerprint density at radius 1 is 0.317 bits per heavy atom. The van der Waals surface area contributed by atoms with Crippen LogP contribution >= 0.6 is 0 Å². The molecule has 0 saturated heterocycles. The second-order valence-electron chi connectivity index (χ2n) is 18.1. The van der Waals surface area contributed by atoms with Gasteiger partial charge in [-0.25, -0.2) is 0 Å². The van der Waals surface area contributed by atoms with Gasteiger partial charge in [0, 0.05) is 19.3 Å². The highest BCUT2D eigenvalue weighted by Crippen LogP contribution is 2.14. The van der Waals surface area contributed by atoms with Gasteiger partial charge in [0.2, 0.25) is 0 Å². The van der Waals surface area contributed by atoms with Gasteiger partial charge in [0.25, 0.3) is 0 Å². The number of carbonyl (C=O) groups excluding carboxylic acids is 3. The van der Waals surface area contributed by atoms with E-state index in [9.17, 15) is 14.4 Å². The van der Waals surface area contributed by atoms with E-state index in [1.54, 1.807) is 0 Å². The second kappa shape index (κ2) is 52.0. The minimum atomic E-state index is -0.785. The van der Waals surface area contributed by atoms with Gasteiger partial charge in [-0.05, 0) is 103 Å². The molecular formula is C57H102O6. The van der Waals surface area contributed by atoms with Crippen LogP contribution in [0.1, 0.15) is 278 Å². The van der Waals surface area contributed by atoms with Crippen molar-refractivity contribution in [1.29, 1.82) is 0 Å². The number of unbranched alkanes of at least 4 members (excludes halogenated alkanes) is 30. The van der Waals surface area contributed by atoms with Gasteiger partial charge in [0.1, 0.15) is 13.2 Å². The van der Waals surface area contributed by atoms with Gasteiger partial charge in [-0.1, -0.05) is 204 Å². The second-order valence-corrected chi connectivity index (χ2v) is 18.1. The Kier molecular flexibility index (Phi) is 49.8. The molecule has 63 heavy (non-hydrogen) atoms. The molecule has 6 nitrogen and oxygen atoms in total. The van der Waals surface area contributed by atoms with Crippen LogP contribution in [-0.2, 0) is 28.6 Å². The molecule has 0 radical (unpaired) electrons. The Bertz CT molecular complexity index is 1110. The number of rotatable bonds is 49. The fourth-order valence-corrected chi connectivity index (χ4v) is 7.64. The third-order valence-electron chi connectivity index (χ3n) is 11.8. The molecule has 0 rings (SSSR count). The van der Waals surface area contributed by atoms with Gasteiger partial charge < -0.3 is 14.2 Å². The summed E-state index contributed by atoms with van der Waals surface area (Å²) in [4.78, 5) is 38.0. The predicted molar refractivity (Wildman–Crippen MR) is 270 cm³/mol. The standard InChI is InChI=1S/C57H102O6/c1-4-7-10-13-16-19-22-25-27-29-32-35-38-41-44-47-50-56(59)62-53-54(52-61-55(58)49-46-43-40-37-34-31-24-21-18-15-12-9-6-3)63-57(60)51-48-45-42-39-36-33-30-28-26-23-20-17-14-11-8-5-2/h19,21-22,24,27-30,54H,4-18,20,23,25-26,31-53H2,1-3H3/b22-19-,24-21-,29-27-,30-28-. The Morgan fingerprint density at radius 3 is 0.905 bits per heavy atom. The van der Waals surface area contributed by atoms with E-state index < -0.39 is 6.10 Å². The molecule has 0 bridgehead atoms. The first-order valence-electron chi connectivity index (χ1n) is 27.1. The van der Waals surface area contributed by atoms with E-state index in [1.807, 2.05) is 0 Å². The van der Waals surface area contributed by atoms with Crippen LogP contribution in [0.3, 0.4) is 0 Å². The molecule has 0 fully saturated rings. The number of hydrogen-bond acceptors (Lipinski definition) is 6. The summed E-state index contributed by atoms with van der Waals surface area (Å²) >= 11 is 0. The number of allylic oxidation sites excluding steroid dienone is 8. The van der Waals surface area contributed by atoms with Crippen molar-refractivity contribution < 1.29 is 28.6 Å². The molecule has 0 aromatic rings. The van der Waals surface area contributed by atoms with E-state index in [0.29, 0.717) is 19.3 Å². The van der Waals surface area contributed by atoms with Crippen LogP contribution in [0, 0.1) is 0 Å². The lowest BCUT2D eigenvalue weighted by molar-refractivity contribution is -0.167. The summed E-state index contributed by atoms with van der Waals surface area (Å²) in [6.45, 7) is 6.59. The van der Waals surface area contributed by atoms with Gasteiger partial charge in [0.05, 0.1) is 0 Å². The quantitative estimate of drug-likeness (QED) is 0.0262. The van der Waals surface area contributed by atoms with Crippen molar-refractivity contribution >= 4 is 17.9 Å². The third kappa shape index (κ3) is 50.2. The number of ether oxygens (including phenoxy) is 3. The van der Waals surface area contributed by atoms with Crippen molar-refractivity contribution in [3.63, 3.8) is 0 Å². The number of esters is 3. The lowest BCUT2D eigenvalue weighted by atomic mass is 10.1. The molecule has 1 unspecified atom stereocenters. The third-order valence-corrected chi connectivity index (χ3v) is 11.8. The minimum absolute atomic E-state index is 0.0844. The Morgan fingerprint density at radius 2 is 0.571 bits per heavy atom. The highest BCUT2D eigenvalue weighted by molar-refractivity contribution is 5.71. The molecule has 1 atom stereocenters. The van der Waals surface area contributed by atoms with Crippen molar-refractivity contribution in [2.45, 2.75) is 284 Å². The van der Waals surface area contributed by atoms with E-state index in [0.717, 1.165) is 96.3 Å². The predicted octanol–water partition coefficient (Wildman–Crippen LogP) is 17.9. The maximum Gasteiger partial charge on any atom is 0.306 e. The number of hydrogen-bond donors (Lipinski definition) is 0.